The molecule has 0 amide bonds. The lowest BCUT2D eigenvalue weighted by Gasteiger charge is -2.22. The fourth-order valence-electron chi connectivity index (χ4n) is 2.22. The fourth-order valence-corrected chi connectivity index (χ4v) is 4.19. The number of aryl methyl sites for hydroxylation is 1. The predicted molar refractivity (Wildman–Crippen MR) is 73.2 cm³/mol. The van der Waals surface area contributed by atoms with Crippen LogP contribution in [0.25, 0.3) is 0 Å². The van der Waals surface area contributed by atoms with Crippen LogP contribution in [0, 0.1) is 6.92 Å². The lowest BCUT2D eigenvalue weighted by molar-refractivity contribution is 0.0161. The Balaban J connectivity index is 2.41. The average molecular weight is 370 g/mol. The molecule has 1 N–H and O–H groups in total. The summed E-state index contributed by atoms with van der Waals surface area (Å²) in [6.45, 7) is 0.200. The first kappa shape index (κ1) is 15.8. The second-order valence-electron chi connectivity index (χ2n) is 4.86. The number of alkyl halides is 2. The van der Waals surface area contributed by atoms with Gasteiger partial charge in [-0.1, -0.05) is 15.9 Å². The first-order valence-electron chi connectivity index (χ1n) is 5.94. The Morgan fingerprint density at radius 1 is 1.50 bits per heavy atom. The summed E-state index contributed by atoms with van der Waals surface area (Å²) in [7, 11) is -4.04. The maximum atomic E-state index is 13.4. The molecule has 1 aromatic carbocycles. The van der Waals surface area contributed by atoms with Crippen LogP contribution >= 0.6 is 15.9 Å². The minimum Gasteiger partial charge on any atom is -0.395 e. The van der Waals surface area contributed by atoms with Crippen molar-refractivity contribution in [1.29, 1.82) is 0 Å². The van der Waals surface area contributed by atoms with E-state index in [0.717, 1.165) is 4.47 Å². The van der Waals surface area contributed by atoms with E-state index < -0.39 is 41.6 Å². The van der Waals surface area contributed by atoms with Crippen molar-refractivity contribution in [2.45, 2.75) is 30.2 Å². The number of halogens is 3. The number of aliphatic hydroxyl groups is 1. The molecule has 4 nitrogen and oxygen atoms in total. The van der Waals surface area contributed by atoms with Crippen molar-refractivity contribution in [3.8, 4) is 0 Å². The summed E-state index contributed by atoms with van der Waals surface area (Å²) < 4.78 is 53.1. The molecular formula is C12H14BrF2NO3S. The Hall–Kier alpha value is -0.570. The number of hydrogen-bond donors (Lipinski definition) is 1. The van der Waals surface area contributed by atoms with Crippen molar-refractivity contribution in [2.24, 2.45) is 0 Å². The predicted octanol–water partition coefficient (Wildman–Crippen LogP) is 2.15. The molecule has 1 unspecified atom stereocenters. The molecule has 0 bridgehead atoms. The van der Waals surface area contributed by atoms with Crippen molar-refractivity contribution in [1.82, 2.24) is 4.31 Å². The van der Waals surface area contributed by atoms with Gasteiger partial charge in [-0.25, -0.2) is 17.2 Å². The Kier molecular flexibility index (Phi) is 4.21. The minimum atomic E-state index is -4.04. The van der Waals surface area contributed by atoms with Gasteiger partial charge in [0.15, 0.2) is 0 Å². The molecule has 2 rings (SSSR count). The van der Waals surface area contributed by atoms with Crippen LogP contribution in [0.2, 0.25) is 0 Å². The molecule has 0 aliphatic carbocycles. The van der Waals surface area contributed by atoms with E-state index >= 15 is 0 Å². The van der Waals surface area contributed by atoms with Crippen molar-refractivity contribution in [3.05, 3.63) is 28.2 Å². The number of sulfonamides is 1. The summed E-state index contributed by atoms with van der Waals surface area (Å²) in [5.74, 6) is -3.11. The number of nitrogens with zero attached hydrogens (tertiary/aromatic N) is 1. The molecule has 1 atom stereocenters. The smallest absolute Gasteiger partial charge is 0.263 e. The van der Waals surface area contributed by atoms with E-state index in [1.54, 1.807) is 13.0 Å². The lowest BCUT2D eigenvalue weighted by Crippen LogP contribution is -2.38. The van der Waals surface area contributed by atoms with Gasteiger partial charge in [-0.2, -0.15) is 4.31 Å². The maximum Gasteiger partial charge on any atom is 0.263 e. The first-order chi connectivity index (χ1) is 9.17. The van der Waals surface area contributed by atoms with Crippen molar-refractivity contribution < 1.29 is 22.3 Å². The molecular weight excluding hydrogens is 356 g/mol. The average Bonchev–Trinajstić information content (AvgIpc) is 2.68. The molecule has 20 heavy (non-hydrogen) atoms. The van der Waals surface area contributed by atoms with Gasteiger partial charge in [0.1, 0.15) is 0 Å². The largest absolute Gasteiger partial charge is 0.395 e. The van der Waals surface area contributed by atoms with Gasteiger partial charge in [-0.15, -0.1) is 0 Å². The molecule has 8 heteroatoms. The molecule has 1 fully saturated rings. The van der Waals surface area contributed by atoms with Crippen LogP contribution in [0.3, 0.4) is 0 Å². The number of benzene rings is 1. The molecule has 1 aromatic rings. The third kappa shape index (κ3) is 2.88. The summed E-state index contributed by atoms with van der Waals surface area (Å²) in [4.78, 5) is -0.0469. The molecule has 1 heterocycles. The second-order valence-corrected chi connectivity index (χ2v) is 7.60. The zero-order valence-corrected chi connectivity index (χ0v) is 13.1. The van der Waals surface area contributed by atoms with Crippen molar-refractivity contribution in [3.63, 3.8) is 0 Å². The SMILES string of the molecule is Cc1cc(S(=O)(=O)N2CC(F)(F)CC2CO)ccc1Br. The van der Waals surface area contributed by atoms with Gasteiger partial charge < -0.3 is 5.11 Å². The van der Waals surface area contributed by atoms with Crippen LogP contribution in [-0.4, -0.2) is 42.9 Å². The van der Waals surface area contributed by atoms with Crippen LogP contribution < -0.4 is 0 Å². The maximum absolute atomic E-state index is 13.4. The topological polar surface area (TPSA) is 57.6 Å². The Morgan fingerprint density at radius 3 is 2.70 bits per heavy atom. The zero-order chi connectivity index (χ0) is 15.1. The molecule has 0 spiro atoms. The standard InChI is InChI=1S/C12H14BrF2NO3S/c1-8-4-10(2-3-11(8)13)20(18,19)16-7-12(14,15)5-9(16)6-17/h2-4,9,17H,5-7H2,1H3. The normalized spacial score (nSPS) is 23.1. The monoisotopic (exact) mass is 369 g/mol. The van der Waals surface area contributed by atoms with Gasteiger partial charge in [-0.3, -0.25) is 0 Å². The van der Waals surface area contributed by atoms with E-state index in [9.17, 15) is 17.2 Å². The molecule has 112 valence electrons. The van der Waals surface area contributed by atoms with Crippen LogP contribution in [0.15, 0.2) is 27.6 Å². The summed E-state index contributed by atoms with van der Waals surface area (Å²) >= 11 is 3.25. The Bertz CT molecular complexity index is 621. The van der Waals surface area contributed by atoms with E-state index in [-0.39, 0.29) is 4.90 Å². The van der Waals surface area contributed by atoms with Gasteiger partial charge in [0.25, 0.3) is 5.92 Å². The summed E-state index contributed by atoms with van der Waals surface area (Å²) in [5, 5.41) is 9.13. The quantitative estimate of drug-likeness (QED) is 0.887. The zero-order valence-electron chi connectivity index (χ0n) is 10.7. The summed E-state index contributed by atoms with van der Waals surface area (Å²) in [6, 6.07) is 3.25. The van der Waals surface area contributed by atoms with Crippen LogP contribution in [0.4, 0.5) is 8.78 Å². The van der Waals surface area contributed by atoms with Crippen LogP contribution in [0.5, 0.6) is 0 Å². The van der Waals surface area contributed by atoms with Gasteiger partial charge in [0.05, 0.1) is 24.1 Å². The highest BCUT2D eigenvalue weighted by atomic mass is 79.9. The van der Waals surface area contributed by atoms with Crippen molar-refractivity contribution >= 4 is 26.0 Å². The van der Waals surface area contributed by atoms with Gasteiger partial charge in [0.2, 0.25) is 10.0 Å². The first-order valence-corrected chi connectivity index (χ1v) is 8.17. The van der Waals surface area contributed by atoms with E-state index in [4.69, 9.17) is 5.11 Å². The number of hydrogen-bond acceptors (Lipinski definition) is 3. The third-order valence-electron chi connectivity index (χ3n) is 3.28. The second kappa shape index (κ2) is 5.32. The van der Waals surface area contributed by atoms with E-state index in [2.05, 4.69) is 15.9 Å². The highest BCUT2D eigenvalue weighted by Gasteiger charge is 2.49. The molecule has 1 aliphatic rings. The summed E-state index contributed by atoms with van der Waals surface area (Å²) in [5.41, 5.74) is 0.692. The third-order valence-corrected chi connectivity index (χ3v) is 6.06. The van der Waals surface area contributed by atoms with E-state index in [1.165, 1.54) is 12.1 Å². The van der Waals surface area contributed by atoms with Crippen molar-refractivity contribution in [2.75, 3.05) is 13.2 Å². The van der Waals surface area contributed by atoms with Gasteiger partial charge in [0, 0.05) is 10.9 Å². The number of rotatable bonds is 3. The Morgan fingerprint density at radius 2 is 2.15 bits per heavy atom. The Labute approximate surface area is 124 Å². The highest BCUT2D eigenvalue weighted by Crippen LogP contribution is 2.36. The fraction of sp³-hybridized carbons (Fsp3) is 0.500. The van der Waals surface area contributed by atoms with E-state index in [0.29, 0.717) is 9.87 Å². The van der Waals surface area contributed by atoms with Crippen LogP contribution in [-0.2, 0) is 10.0 Å². The molecule has 1 saturated heterocycles. The highest BCUT2D eigenvalue weighted by molar-refractivity contribution is 9.10. The molecule has 0 radical (unpaired) electrons. The van der Waals surface area contributed by atoms with Gasteiger partial charge in [-0.05, 0) is 30.7 Å². The molecule has 0 saturated carbocycles. The minimum absolute atomic E-state index is 0.0469. The van der Waals surface area contributed by atoms with Gasteiger partial charge >= 0.3 is 0 Å². The molecule has 1 aliphatic heterocycles. The lowest BCUT2D eigenvalue weighted by atomic mass is 10.2. The van der Waals surface area contributed by atoms with Crippen LogP contribution in [0.1, 0.15) is 12.0 Å². The summed E-state index contributed by atoms with van der Waals surface area (Å²) in [6.07, 6.45) is -0.655. The molecule has 0 aromatic heterocycles. The number of aliphatic hydroxyl groups excluding tert-OH is 1. The van der Waals surface area contributed by atoms with E-state index in [1.807, 2.05) is 0 Å².